The second-order valence-electron chi connectivity index (χ2n) is 5.45. The normalized spacial score (nSPS) is 23.9. The number of hydrogen-bond donors (Lipinski definition) is 1. The first-order valence-electron chi connectivity index (χ1n) is 6.95. The van der Waals surface area contributed by atoms with Gasteiger partial charge in [0.1, 0.15) is 18.0 Å². The van der Waals surface area contributed by atoms with Crippen molar-refractivity contribution < 1.29 is 0 Å². The molecule has 100 valence electrons. The highest BCUT2D eigenvalue weighted by Crippen LogP contribution is 2.31. The van der Waals surface area contributed by atoms with E-state index >= 15 is 0 Å². The maximum Gasteiger partial charge on any atom is 0.137 e. The molecule has 4 heteroatoms. The summed E-state index contributed by atoms with van der Waals surface area (Å²) in [5.74, 6) is 2.46. The molecule has 1 aliphatic rings. The van der Waals surface area contributed by atoms with E-state index in [-0.39, 0.29) is 0 Å². The predicted molar refractivity (Wildman–Crippen MR) is 75.6 cm³/mol. The molecule has 1 heterocycles. The molecule has 2 atom stereocenters. The summed E-state index contributed by atoms with van der Waals surface area (Å²) in [6, 6.07) is 0.591. The van der Waals surface area contributed by atoms with Crippen molar-refractivity contribution in [2.75, 3.05) is 17.7 Å². The maximum absolute atomic E-state index is 5.95. The lowest BCUT2D eigenvalue weighted by molar-refractivity contribution is 0.335. The zero-order chi connectivity index (χ0) is 13.1. The molecule has 0 saturated heterocycles. The molecule has 2 N–H and O–H groups in total. The molecule has 0 radical (unpaired) electrons. The van der Waals surface area contributed by atoms with Gasteiger partial charge in [0.15, 0.2) is 0 Å². The van der Waals surface area contributed by atoms with E-state index in [0.29, 0.717) is 11.9 Å². The SMILES string of the molecule is CCc1c(N)ncnc1N(C)C1CCCC(C)C1. The topological polar surface area (TPSA) is 55.0 Å². The third-order valence-corrected chi connectivity index (χ3v) is 4.10. The van der Waals surface area contributed by atoms with Gasteiger partial charge in [0.05, 0.1) is 0 Å². The molecule has 2 unspecified atom stereocenters. The average Bonchev–Trinajstić information content (AvgIpc) is 2.37. The molecule has 0 spiro atoms. The third kappa shape index (κ3) is 2.57. The van der Waals surface area contributed by atoms with Crippen LogP contribution in [0.3, 0.4) is 0 Å². The molecule has 1 saturated carbocycles. The Kier molecular flexibility index (Phi) is 4.04. The van der Waals surface area contributed by atoms with Crippen LogP contribution in [0.25, 0.3) is 0 Å². The number of nitrogen functional groups attached to an aromatic ring is 1. The van der Waals surface area contributed by atoms with Crippen LogP contribution in [-0.2, 0) is 6.42 Å². The molecular weight excluding hydrogens is 224 g/mol. The fourth-order valence-electron chi connectivity index (χ4n) is 2.99. The van der Waals surface area contributed by atoms with E-state index in [1.165, 1.54) is 25.7 Å². The molecule has 0 amide bonds. The number of nitrogens with zero attached hydrogens (tertiary/aromatic N) is 3. The number of nitrogens with two attached hydrogens (primary N) is 1. The van der Waals surface area contributed by atoms with E-state index in [1.54, 1.807) is 6.33 Å². The lowest BCUT2D eigenvalue weighted by Gasteiger charge is -2.35. The van der Waals surface area contributed by atoms with Gasteiger partial charge in [-0.05, 0) is 25.2 Å². The highest BCUT2D eigenvalue weighted by molar-refractivity contribution is 5.56. The van der Waals surface area contributed by atoms with Gasteiger partial charge in [0.2, 0.25) is 0 Å². The monoisotopic (exact) mass is 248 g/mol. The first-order valence-corrected chi connectivity index (χ1v) is 6.95. The van der Waals surface area contributed by atoms with E-state index in [2.05, 4.69) is 35.8 Å². The van der Waals surface area contributed by atoms with Crippen molar-refractivity contribution in [3.8, 4) is 0 Å². The van der Waals surface area contributed by atoms with Crippen molar-refractivity contribution in [1.29, 1.82) is 0 Å². The van der Waals surface area contributed by atoms with Gasteiger partial charge >= 0.3 is 0 Å². The standard InChI is InChI=1S/C14H24N4/c1-4-12-13(15)16-9-17-14(12)18(3)11-7-5-6-10(2)8-11/h9-11H,4-8H2,1-3H3,(H2,15,16,17). The Balaban J connectivity index is 2.22. The number of anilines is 2. The summed E-state index contributed by atoms with van der Waals surface area (Å²) in [4.78, 5) is 10.9. The van der Waals surface area contributed by atoms with Crippen LogP contribution in [0, 0.1) is 5.92 Å². The van der Waals surface area contributed by atoms with E-state index in [4.69, 9.17) is 5.73 Å². The molecule has 1 aliphatic carbocycles. The van der Waals surface area contributed by atoms with Crippen LogP contribution < -0.4 is 10.6 Å². The van der Waals surface area contributed by atoms with Crippen molar-refractivity contribution in [2.24, 2.45) is 5.92 Å². The largest absolute Gasteiger partial charge is 0.383 e. The van der Waals surface area contributed by atoms with Crippen molar-refractivity contribution in [1.82, 2.24) is 9.97 Å². The minimum Gasteiger partial charge on any atom is -0.383 e. The Bertz CT molecular complexity index is 405. The van der Waals surface area contributed by atoms with E-state index in [9.17, 15) is 0 Å². The van der Waals surface area contributed by atoms with Crippen LogP contribution in [0.15, 0.2) is 6.33 Å². The van der Waals surface area contributed by atoms with Crippen molar-refractivity contribution in [3.63, 3.8) is 0 Å². The maximum atomic E-state index is 5.95. The highest BCUT2D eigenvalue weighted by atomic mass is 15.2. The summed E-state index contributed by atoms with van der Waals surface area (Å²) in [7, 11) is 2.14. The summed E-state index contributed by atoms with van der Waals surface area (Å²) in [5.41, 5.74) is 7.03. The van der Waals surface area contributed by atoms with E-state index in [1.807, 2.05) is 0 Å². The Labute approximate surface area is 110 Å². The van der Waals surface area contributed by atoms with Crippen LogP contribution in [0.5, 0.6) is 0 Å². The molecule has 4 nitrogen and oxygen atoms in total. The van der Waals surface area contributed by atoms with Crippen LogP contribution >= 0.6 is 0 Å². The smallest absolute Gasteiger partial charge is 0.137 e. The van der Waals surface area contributed by atoms with E-state index < -0.39 is 0 Å². The van der Waals surface area contributed by atoms with Gasteiger partial charge in [-0.15, -0.1) is 0 Å². The quantitative estimate of drug-likeness (QED) is 0.893. The molecule has 18 heavy (non-hydrogen) atoms. The highest BCUT2D eigenvalue weighted by Gasteiger charge is 2.24. The van der Waals surface area contributed by atoms with Crippen molar-refractivity contribution in [3.05, 3.63) is 11.9 Å². The lowest BCUT2D eigenvalue weighted by Crippen LogP contribution is -2.36. The molecule has 0 aromatic carbocycles. The minimum atomic E-state index is 0.591. The molecule has 1 aromatic rings. The number of hydrogen-bond acceptors (Lipinski definition) is 4. The zero-order valence-corrected chi connectivity index (χ0v) is 11.7. The van der Waals surface area contributed by atoms with Gasteiger partial charge in [-0.2, -0.15) is 0 Å². The van der Waals surface area contributed by atoms with Crippen LogP contribution in [-0.4, -0.2) is 23.1 Å². The first-order chi connectivity index (χ1) is 8.63. The molecular formula is C14H24N4. The summed E-state index contributed by atoms with van der Waals surface area (Å²) in [5, 5.41) is 0. The van der Waals surface area contributed by atoms with Gasteiger partial charge < -0.3 is 10.6 Å². The number of aromatic nitrogens is 2. The van der Waals surface area contributed by atoms with Gasteiger partial charge in [-0.1, -0.05) is 26.7 Å². The van der Waals surface area contributed by atoms with Crippen LogP contribution in [0.1, 0.15) is 45.1 Å². The number of rotatable bonds is 3. The fourth-order valence-corrected chi connectivity index (χ4v) is 2.99. The molecule has 0 aliphatic heterocycles. The molecule has 2 rings (SSSR count). The Morgan fingerprint density at radius 2 is 2.17 bits per heavy atom. The van der Waals surface area contributed by atoms with Crippen molar-refractivity contribution in [2.45, 2.75) is 52.0 Å². The predicted octanol–water partition coefficient (Wildman–Crippen LogP) is 2.64. The van der Waals surface area contributed by atoms with Gasteiger partial charge in [-0.25, -0.2) is 9.97 Å². The van der Waals surface area contributed by atoms with Crippen LogP contribution in [0.2, 0.25) is 0 Å². The van der Waals surface area contributed by atoms with Crippen LogP contribution in [0.4, 0.5) is 11.6 Å². The minimum absolute atomic E-state index is 0.591. The fraction of sp³-hybridized carbons (Fsp3) is 0.714. The summed E-state index contributed by atoms with van der Waals surface area (Å²) in [6.45, 7) is 4.45. The average molecular weight is 248 g/mol. The second-order valence-corrected chi connectivity index (χ2v) is 5.45. The molecule has 0 bridgehead atoms. The lowest BCUT2D eigenvalue weighted by atomic mass is 9.86. The van der Waals surface area contributed by atoms with Crippen molar-refractivity contribution >= 4 is 11.6 Å². The Morgan fingerprint density at radius 3 is 2.83 bits per heavy atom. The molecule has 1 fully saturated rings. The Morgan fingerprint density at radius 1 is 1.39 bits per heavy atom. The second kappa shape index (κ2) is 5.55. The summed E-state index contributed by atoms with van der Waals surface area (Å²) in [6.07, 6.45) is 7.65. The van der Waals surface area contributed by atoms with Gasteiger partial charge in [0.25, 0.3) is 0 Å². The van der Waals surface area contributed by atoms with E-state index in [0.717, 1.165) is 23.7 Å². The first kappa shape index (κ1) is 13.1. The van der Waals surface area contributed by atoms with Gasteiger partial charge in [0, 0.05) is 18.7 Å². The Hall–Kier alpha value is -1.32. The summed E-state index contributed by atoms with van der Waals surface area (Å²) < 4.78 is 0. The molecule has 1 aromatic heterocycles. The summed E-state index contributed by atoms with van der Waals surface area (Å²) >= 11 is 0. The third-order valence-electron chi connectivity index (χ3n) is 4.10. The van der Waals surface area contributed by atoms with Gasteiger partial charge in [-0.3, -0.25) is 0 Å². The zero-order valence-electron chi connectivity index (χ0n) is 11.7.